The van der Waals surface area contributed by atoms with Crippen LogP contribution in [0.25, 0.3) is 16.6 Å². The number of piperazine rings is 1. The van der Waals surface area contributed by atoms with Crippen molar-refractivity contribution in [2.75, 3.05) is 63.8 Å². The molecule has 0 unspecified atom stereocenters. The van der Waals surface area contributed by atoms with Gasteiger partial charge in [0.2, 0.25) is 20.8 Å². The van der Waals surface area contributed by atoms with Crippen molar-refractivity contribution in [1.29, 1.82) is 0 Å². The molecule has 4 aromatic rings. The van der Waals surface area contributed by atoms with E-state index in [0.29, 0.717) is 42.6 Å². The van der Waals surface area contributed by atoms with E-state index in [1.54, 1.807) is 31.2 Å². The molecule has 2 aromatic carbocycles. The second kappa shape index (κ2) is 12.1. The van der Waals surface area contributed by atoms with Crippen LogP contribution in [0.3, 0.4) is 0 Å². The summed E-state index contributed by atoms with van der Waals surface area (Å²) in [6.45, 7) is 10.7. The molecule has 4 heterocycles. The van der Waals surface area contributed by atoms with Crippen molar-refractivity contribution in [2.45, 2.75) is 43.0 Å². The second-order valence-corrected chi connectivity index (χ2v) is 13.4. The van der Waals surface area contributed by atoms with E-state index in [1.165, 1.54) is 23.8 Å². The van der Waals surface area contributed by atoms with Gasteiger partial charge >= 0.3 is 0 Å². The Labute approximate surface area is 250 Å². The van der Waals surface area contributed by atoms with Gasteiger partial charge in [-0.3, -0.25) is 14.5 Å². The van der Waals surface area contributed by atoms with Gasteiger partial charge in [-0.2, -0.15) is 4.98 Å². The molecule has 228 valence electrons. The fourth-order valence-electron chi connectivity index (χ4n) is 6.14. The Bertz CT molecular complexity index is 1820. The Balaban J connectivity index is 1.16. The lowest BCUT2D eigenvalue weighted by Gasteiger charge is -2.35. The summed E-state index contributed by atoms with van der Waals surface area (Å²) in [6.07, 6.45) is 3.79. The second-order valence-electron chi connectivity index (χ2n) is 11.6. The third kappa shape index (κ3) is 6.01. The minimum absolute atomic E-state index is 0.0363. The van der Waals surface area contributed by atoms with Crippen LogP contribution in [0.4, 0.5) is 5.69 Å². The molecule has 0 radical (unpaired) electrons. The van der Waals surface area contributed by atoms with Crippen LogP contribution >= 0.6 is 0 Å². The molecule has 12 nitrogen and oxygen atoms in total. The van der Waals surface area contributed by atoms with Crippen LogP contribution in [0.2, 0.25) is 0 Å². The van der Waals surface area contributed by atoms with Crippen LogP contribution in [0.15, 0.2) is 51.1 Å². The van der Waals surface area contributed by atoms with Gasteiger partial charge in [0.15, 0.2) is 5.65 Å². The highest BCUT2D eigenvalue weighted by atomic mass is 32.2. The summed E-state index contributed by atoms with van der Waals surface area (Å²) >= 11 is 0. The first-order valence-corrected chi connectivity index (χ1v) is 16.4. The lowest BCUT2D eigenvalue weighted by atomic mass is 10.1. The molecule has 0 spiro atoms. The predicted octanol–water partition coefficient (Wildman–Crippen LogP) is 1.74. The number of nitrogens with one attached hydrogen (secondary N) is 2. The maximum atomic E-state index is 13.6. The zero-order valence-corrected chi connectivity index (χ0v) is 25.5. The number of hydrogen-bond acceptors (Lipinski definition) is 9. The van der Waals surface area contributed by atoms with Gasteiger partial charge in [0.25, 0.3) is 5.56 Å². The maximum absolute atomic E-state index is 13.6. The Morgan fingerprint density at radius 3 is 2.47 bits per heavy atom. The zero-order chi connectivity index (χ0) is 30.1. The molecule has 2 aliphatic heterocycles. The number of fused-ring (bicyclic) bond motifs is 3. The van der Waals surface area contributed by atoms with Gasteiger partial charge in [-0.05, 0) is 69.6 Å². The van der Waals surface area contributed by atoms with Crippen LogP contribution < -0.4 is 15.8 Å². The highest BCUT2D eigenvalue weighted by molar-refractivity contribution is 7.91. The summed E-state index contributed by atoms with van der Waals surface area (Å²) in [4.78, 5) is 36.5. The van der Waals surface area contributed by atoms with Crippen molar-refractivity contribution in [3.63, 3.8) is 0 Å². The maximum Gasteiger partial charge on any atom is 0.281 e. The Kier molecular flexibility index (Phi) is 8.21. The molecule has 2 saturated heterocycles. The average molecular weight is 607 g/mol. The molecule has 2 N–H and O–H groups in total. The number of amides is 1. The molecule has 43 heavy (non-hydrogen) atoms. The largest absolute Gasteiger partial charge is 0.369 e. The third-order valence-electron chi connectivity index (χ3n) is 8.49. The first-order valence-electron chi connectivity index (χ1n) is 14.9. The number of aryl methyl sites for hydroxylation is 2. The van der Waals surface area contributed by atoms with Crippen LogP contribution in [-0.2, 0) is 14.6 Å². The van der Waals surface area contributed by atoms with Gasteiger partial charge in [0, 0.05) is 45.0 Å². The van der Waals surface area contributed by atoms with E-state index in [4.69, 9.17) is 0 Å². The van der Waals surface area contributed by atoms with Gasteiger partial charge in [0.05, 0.1) is 22.3 Å². The van der Waals surface area contributed by atoms with E-state index in [9.17, 15) is 18.0 Å². The van der Waals surface area contributed by atoms with Gasteiger partial charge in [-0.25, -0.2) is 18.1 Å². The van der Waals surface area contributed by atoms with Crippen LogP contribution in [-0.4, -0.2) is 103 Å². The molecule has 2 aromatic heterocycles. The van der Waals surface area contributed by atoms with E-state index in [-0.39, 0.29) is 21.5 Å². The van der Waals surface area contributed by atoms with Crippen molar-refractivity contribution < 1.29 is 13.2 Å². The number of H-pyrrole nitrogens is 1. The molecule has 2 fully saturated rings. The highest BCUT2D eigenvalue weighted by Crippen LogP contribution is 2.27. The number of anilines is 1. The number of carbonyl (C=O) groups is 1. The summed E-state index contributed by atoms with van der Waals surface area (Å²) < 4.78 is 28.6. The van der Waals surface area contributed by atoms with Gasteiger partial charge < -0.3 is 15.1 Å². The summed E-state index contributed by atoms with van der Waals surface area (Å²) in [5, 5.41) is 10.0. The number of sulfone groups is 1. The van der Waals surface area contributed by atoms with Crippen LogP contribution in [0.1, 0.15) is 30.4 Å². The molecule has 13 heteroatoms. The lowest BCUT2D eigenvalue weighted by molar-refractivity contribution is -0.122. The van der Waals surface area contributed by atoms with Gasteiger partial charge in [-0.1, -0.05) is 24.1 Å². The molecule has 0 bridgehead atoms. The normalized spacial score (nSPS) is 17.1. The number of rotatable bonds is 8. The van der Waals surface area contributed by atoms with Crippen molar-refractivity contribution in [2.24, 2.45) is 0 Å². The van der Waals surface area contributed by atoms with Crippen LogP contribution in [0, 0.1) is 13.8 Å². The first kappa shape index (κ1) is 29.3. The minimum atomic E-state index is -4.03. The van der Waals surface area contributed by atoms with E-state index >= 15 is 0 Å². The molecular weight excluding hydrogens is 568 g/mol. The molecule has 1 amide bonds. The highest BCUT2D eigenvalue weighted by Gasteiger charge is 2.28. The van der Waals surface area contributed by atoms with Crippen molar-refractivity contribution in [3.8, 4) is 0 Å². The number of benzene rings is 2. The van der Waals surface area contributed by atoms with Crippen LogP contribution in [0.5, 0.6) is 0 Å². The number of piperidine rings is 1. The summed E-state index contributed by atoms with van der Waals surface area (Å²) in [5.74, 6) is 0.0521. The fourth-order valence-corrected chi connectivity index (χ4v) is 7.61. The number of aromatic nitrogens is 4. The molecule has 6 rings (SSSR count). The Morgan fingerprint density at radius 2 is 1.72 bits per heavy atom. The van der Waals surface area contributed by atoms with Crippen molar-refractivity contribution in [1.82, 2.24) is 34.9 Å². The average Bonchev–Trinajstić information content (AvgIpc) is 3.43. The standard InChI is InChI=1S/C30H38N8O4S/c1-21-6-9-26(22(2)18-21)43(41,42)30-28-32-29(40)24-8-7-23(19-25(24)38(28)34-33-30)37-16-14-36(15-17-37)20-27(39)31-10-13-35-11-4-3-5-12-35/h6-9,18-19,34H,3-5,10-17,20H2,1-2H3,(H,31,39). The van der Waals surface area contributed by atoms with E-state index in [2.05, 4.69) is 35.3 Å². The quantitative estimate of drug-likeness (QED) is 0.307. The lowest BCUT2D eigenvalue weighted by Crippen LogP contribution is -2.50. The summed E-state index contributed by atoms with van der Waals surface area (Å²) in [7, 11) is -4.03. The molecule has 0 aliphatic carbocycles. The van der Waals surface area contributed by atoms with Crippen molar-refractivity contribution in [3.05, 3.63) is 57.9 Å². The van der Waals surface area contributed by atoms with Gasteiger partial charge in [-0.15, -0.1) is 5.10 Å². The topological polar surface area (TPSA) is 136 Å². The minimum Gasteiger partial charge on any atom is -0.369 e. The summed E-state index contributed by atoms with van der Waals surface area (Å²) in [5.41, 5.74) is 2.38. The number of carbonyl (C=O) groups excluding carboxylic acids is 1. The first-order chi connectivity index (χ1) is 20.7. The van der Waals surface area contributed by atoms with Gasteiger partial charge in [0.1, 0.15) is 0 Å². The van der Waals surface area contributed by atoms with Crippen molar-refractivity contribution >= 4 is 38.0 Å². The SMILES string of the molecule is Cc1ccc(S(=O)(=O)c2n[nH]n3c2nc(=O)c2ccc(N4CCN(CC(=O)NCCN5CCCCC5)CC4)cc23)c(C)c1. The molecule has 0 saturated carbocycles. The zero-order valence-electron chi connectivity index (χ0n) is 24.7. The van der Waals surface area contributed by atoms with E-state index in [1.807, 2.05) is 19.1 Å². The molecule has 0 atom stereocenters. The number of hydrogen-bond donors (Lipinski definition) is 2. The van der Waals surface area contributed by atoms with E-state index in [0.717, 1.165) is 44.0 Å². The third-order valence-corrected chi connectivity index (χ3v) is 10.3. The Morgan fingerprint density at radius 1 is 0.953 bits per heavy atom. The molecular formula is C30H38N8O4S. The number of likely N-dealkylation sites (tertiary alicyclic amines) is 1. The summed E-state index contributed by atoms with van der Waals surface area (Å²) in [6, 6.07) is 10.5. The molecule has 2 aliphatic rings. The fraction of sp³-hybridized carbons (Fsp3) is 0.467. The predicted molar refractivity (Wildman–Crippen MR) is 164 cm³/mol. The number of nitrogens with zero attached hydrogens (tertiary/aromatic N) is 6. The smallest absolute Gasteiger partial charge is 0.281 e. The Hall–Kier alpha value is -3.81. The van der Waals surface area contributed by atoms with E-state index < -0.39 is 15.4 Å². The monoisotopic (exact) mass is 606 g/mol. The number of aromatic amines is 1.